The van der Waals surface area contributed by atoms with Crippen LogP contribution in [0.25, 0.3) is 0 Å². The van der Waals surface area contributed by atoms with E-state index in [1.54, 1.807) is 0 Å². The van der Waals surface area contributed by atoms with E-state index in [9.17, 15) is 19.2 Å². The summed E-state index contributed by atoms with van der Waals surface area (Å²) in [6.07, 6.45) is 10.7. The van der Waals surface area contributed by atoms with Crippen LogP contribution in [0.1, 0.15) is 55.3 Å². The van der Waals surface area contributed by atoms with E-state index in [-0.39, 0.29) is 37.0 Å². The van der Waals surface area contributed by atoms with Gasteiger partial charge in [0.1, 0.15) is 18.4 Å². The standard InChI is InChI=1S/C22H31N7O4/c30-19-17(7-4-8-25-19)27-20(31)18-13-28(21(32)15-11-23-14-24-12-15)9-10-29(18)22(33)26-16-5-2-1-3-6-16/h11-12,14,16-18H,1-10,13H2,(H,25,30)(H,26,33)(H,27,31)/t17-,18+/m0/s1. The molecule has 0 bridgehead atoms. The summed E-state index contributed by atoms with van der Waals surface area (Å²) in [5, 5.41) is 8.61. The first-order valence-corrected chi connectivity index (χ1v) is 11.7. The Hall–Kier alpha value is -3.24. The van der Waals surface area contributed by atoms with Gasteiger partial charge in [-0.2, -0.15) is 0 Å². The van der Waals surface area contributed by atoms with Gasteiger partial charge in [0.25, 0.3) is 5.91 Å². The molecule has 1 saturated carbocycles. The van der Waals surface area contributed by atoms with Gasteiger partial charge >= 0.3 is 6.03 Å². The van der Waals surface area contributed by atoms with Gasteiger partial charge in [-0.15, -0.1) is 0 Å². The van der Waals surface area contributed by atoms with E-state index in [1.165, 1.54) is 34.9 Å². The lowest BCUT2D eigenvalue weighted by atomic mass is 9.95. The lowest BCUT2D eigenvalue weighted by molar-refractivity contribution is -0.133. The smallest absolute Gasteiger partial charge is 0.318 e. The summed E-state index contributed by atoms with van der Waals surface area (Å²) in [6.45, 7) is 1.13. The topological polar surface area (TPSA) is 137 Å². The predicted octanol–water partition coefficient (Wildman–Crippen LogP) is 0.0401. The second-order valence-electron chi connectivity index (χ2n) is 8.87. The highest BCUT2D eigenvalue weighted by atomic mass is 16.2. The van der Waals surface area contributed by atoms with Gasteiger partial charge in [-0.1, -0.05) is 19.3 Å². The van der Waals surface area contributed by atoms with Gasteiger partial charge in [-0.05, 0) is 25.7 Å². The number of carbonyl (C=O) groups is 4. The molecule has 0 radical (unpaired) electrons. The van der Waals surface area contributed by atoms with E-state index in [4.69, 9.17) is 0 Å². The Kier molecular flexibility index (Phi) is 7.36. The van der Waals surface area contributed by atoms with Crippen LogP contribution in [0.3, 0.4) is 0 Å². The van der Waals surface area contributed by atoms with Crippen LogP contribution < -0.4 is 16.0 Å². The third-order valence-electron chi connectivity index (χ3n) is 6.57. The van der Waals surface area contributed by atoms with Crippen LogP contribution >= 0.6 is 0 Å². The molecule has 2 atom stereocenters. The number of hydrogen-bond donors (Lipinski definition) is 3. The molecule has 1 aromatic heterocycles. The highest BCUT2D eigenvalue weighted by Gasteiger charge is 2.39. The van der Waals surface area contributed by atoms with Crippen molar-refractivity contribution in [3.8, 4) is 0 Å². The van der Waals surface area contributed by atoms with Crippen LogP contribution in [0.15, 0.2) is 18.7 Å². The molecule has 1 aromatic rings. The molecule has 2 aliphatic heterocycles. The molecule has 0 spiro atoms. The molecule has 3 aliphatic rings. The van der Waals surface area contributed by atoms with Crippen molar-refractivity contribution in [3.63, 3.8) is 0 Å². The largest absolute Gasteiger partial charge is 0.354 e. The second kappa shape index (κ2) is 10.6. The molecule has 178 valence electrons. The van der Waals surface area contributed by atoms with Gasteiger partial charge in [0.2, 0.25) is 11.8 Å². The maximum absolute atomic E-state index is 13.2. The molecule has 2 saturated heterocycles. The summed E-state index contributed by atoms with van der Waals surface area (Å²) in [5.74, 6) is -0.952. The van der Waals surface area contributed by atoms with Crippen LogP contribution in [0, 0.1) is 0 Å². The number of aromatic nitrogens is 2. The predicted molar refractivity (Wildman–Crippen MR) is 118 cm³/mol. The highest BCUT2D eigenvalue weighted by Crippen LogP contribution is 2.19. The summed E-state index contributed by atoms with van der Waals surface area (Å²) < 4.78 is 0. The number of urea groups is 1. The Bertz CT molecular complexity index is 875. The number of hydrogen-bond acceptors (Lipinski definition) is 6. The summed E-state index contributed by atoms with van der Waals surface area (Å²) >= 11 is 0. The van der Waals surface area contributed by atoms with E-state index in [2.05, 4.69) is 25.9 Å². The fourth-order valence-electron chi connectivity index (χ4n) is 4.71. The zero-order chi connectivity index (χ0) is 23.2. The van der Waals surface area contributed by atoms with Crippen molar-refractivity contribution in [2.45, 2.75) is 63.1 Å². The maximum atomic E-state index is 13.2. The van der Waals surface area contributed by atoms with E-state index >= 15 is 0 Å². The molecular weight excluding hydrogens is 426 g/mol. The average molecular weight is 458 g/mol. The third-order valence-corrected chi connectivity index (χ3v) is 6.57. The quantitative estimate of drug-likeness (QED) is 0.584. The van der Waals surface area contributed by atoms with Gasteiger partial charge in [0.05, 0.1) is 12.1 Å². The maximum Gasteiger partial charge on any atom is 0.318 e. The van der Waals surface area contributed by atoms with Crippen LogP contribution in [-0.2, 0) is 9.59 Å². The van der Waals surface area contributed by atoms with Crippen LogP contribution in [-0.4, -0.2) is 87.8 Å². The highest BCUT2D eigenvalue weighted by molar-refractivity contribution is 5.96. The molecule has 3 fully saturated rings. The number of nitrogens with one attached hydrogen (secondary N) is 3. The first-order valence-electron chi connectivity index (χ1n) is 11.7. The number of piperidine rings is 1. The first-order chi connectivity index (χ1) is 16.0. The normalized spacial score (nSPS) is 24.1. The summed E-state index contributed by atoms with van der Waals surface area (Å²) in [4.78, 5) is 62.3. The van der Waals surface area contributed by atoms with Crippen LogP contribution in [0.5, 0.6) is 0 Å². The monoisotopic (exact) mass is 457 g/mol. The van der Waals surface area contributed by atoms with Gasteiger partial charge < -0.3 is 25.8 Å². The van der Waals surface area contributed by atoms with E-state index in [0.717, 1.165) is 32.1 Å². The zero-order valence-electron chi connectivity index (χ0n) is 18.7. The SMILES string of the molecule is O=C1NCCC[C@@H]1NC(=O)[C@H]1CN(C(=O)c2cncnc2)CCN1C(=O)NC1CCCCC1. The fourth-order valence-corrected chi connectivity index (χ4v) is 4.71. The summed E-state index contributed by atoms with van der Waals surface area (Å²) in [5.41, 5.74) is 0.323. The van der Waals surface area contributed by atoms with Crippen molar-refractivity contribution in [3.05, 3.63) is 24.3 Å². The van der Waals surface area contributed by atoms with Gasteiger partial charge in [-0.3, -0.25) is 14.4 Å². The molecule has 0 unspecified atom stereocenters. The third kappa shape index (κ3) is 5.58. The zero-order valence-corrected chi connectivity index (χ0v) is 18.7. The summed E-state index contributed by atoms with van der Waals surface area (Å²) in [7, 11) is 0. The molecule has 5 amide bonds. The van der Waals surface area contributed by atoms with Crippen molar-refractivity contribution in [2.24, 2.45) is 0 Å². The molecule has 0 aromatic carbocycles. The van der Waals surface area contributed by atoms with Crippen molar-refractivity contribution in [2.75, 3.05) is 26.2 Å². The van der Waals surface area contributed by atoms with Crippen molar-refractivity contribution < 1.29 is 19.2 Å². The van der Waals surface area contributed by atoms with Gasteiger partial charge in [-0.25, -0.2) is 14.8 Å². The lowest BCUT2D eigenvalue weighted by Crippen LogP contribution is -2.65. The Morgan fingerprint density at radius 2 is 1.73 bits per heavy atom. The minimum Gasteiger partial charge on any atom is -0.354 e. The number of carbonyl (C=O) groups excluding carboxylic acids is 4. The number of amides is 5. The minimum atomic E-state index is -0.898. The first kappa shape index (κ1) is 22.9. The molecule has 4 rings (SSSR count). The minimum absolute atomic E-state index is 0.0337. The summed E-state index contributed by atoms with van der Waals surface area (Å²) in [6, 6.07) is -1.74. The fraction of sp³-hybridized carbons (Fsp3) is 0.636. The molecule has 33 heavy (non-hydrogen) atoms. The molecule has 3 heterocycles. The average Bonchev–Trinajstić information content (AvgIpc) is 2.85. The lowest BCUT2D eigenvalue weighted by Gasteiger charge is -2.41. The van der Waals surface area contributed by atoms with Crippen molar-refractivity contribution in [1.82, 2.24) is 35.7 Å². The van der Waals surface area contributed by atoms with E-state index in [1.807, 2.05) is 0 Å². The molecule has 11 nitrogen and oxygen atoms in total. The van der Waals surface area contributed by atoms with Crippen molar-refractivity contribution in [1.29, 1.82) is 0 Å². The van der Waals surface area contributed by atoms with E-state index in [0.29, 0.717) is 25.1 Å². The Balaban J connectivity index is 1.48. The number of nitrogens with zero attached hydrogens (tertiary/aromatic N) is 4. The Morgan fingerprint density at radius 3 is 2.45 bits per heavy atom. The Morgan fingerprint density at radius 1 is 0.970 bits per heavy atom. The molecular formula is C22H31N7O4. The second-order valence-corrected chi connectivity index (χ2v) is 8.87. The van der Waals surface area contributed by atoms with E-state index < -0.39 is 18.0 Å². The van der Waals surface area contributed by atoms with Crippen molar-refractivity contribution >= 4 is 23.8 Å². The van der Waals surface area contributed by atoms with Crippen LogP contribution in [0.2, 0.25) is 0 Å². The molecule has 3 N–H and O–H groups in total. The number of piperazine rings is 1. The van der Waals surface area contributed by atoms with Crippen LogP contribution in [0.4, 0.5) is 4.79 Å². The van der Waals surface area contributed by atoms with Gasteiger partial charge in [0, 0.05) is 38.1 Å². The van der Waals surface area contributed by atoms with Gasteiger partial charge in [0.15, 0.2) is 0 Å². The molecule has 11 heteroatoms. The Labute approximate surface area is 192 Å². The molecule has 1 aliphatic carbocycles. The number of rotatable bonds is 4.